The smallest absolute Gasteiger partial charge is 0.240 e. The largest absolute Gasteiger partial charge is 0.378 e. The van der Waals surface area contributed by atoms with Crippen LogP contribution >= 0.6 is 0 Å². The van der Waals surface area contributed by atoms with Crippen LogP contribution < -0.4 is 20.3 Å². The molecule has 1 aliphatic heterocycles. The van der Waals surface area contributed by atoms with Crippen molar-refractivity contribution < 1.29 is 13.2 Å². The van der Waals surface area contributed by atoms with Gasteiger partial charge >= 0.3 is 0 Å². The molecular formula is C21H29N7O3S. The number of ether oxygens (including phenoxy) is 1. The van der Waals surface area contributed by atoms with Crippen LogP contribution in [-0.4, -0.2) is 63.8 Å². The van der Waals surface area contributed by atoms with Gasteiger partial charge in [0.15, 0.2) is 5.82 Å². The highest BCUT2D eigenvalue weighted by Crippen LogP contribution is 2.22. The Morgan fingerprint density at radius 2 is 1.91 bits per heavy atom. The number of rotatable bonds is 10. The van der Waals surface area contributed by atoms with Crippen LogP contribution in [0.25, 0.3) is 0 Å². The third-order valence-corrected chi connectivity index (χ3v) is 6.30. The normalized spacial score (nSPS) is 14.4. The Bertz CT molecular complexity index is 1030. The Morgan fingerprint density at radius 3 is 2.56 bits per heavy atom. The number of nitriles is 1. The lowest BCUT2D eigenvalue weighted by Gasteiger charge is -2.28. The van der Waals surface area contributed by atoms with Crippen LogP contribution in [-0.2, 0) is 14.8 Å². The summed E-state index contributed by atoms with van der Waals surface area (Å²) in [5.74, 6) is 0.889. The Hall–Kier alpha value is -2.78. The topological polar surface area (TPSA) is 132 Å². The summed E-state index contributed by atoms with van der Waals surface area (Å²) >= 11 is 0. The Labute approximate surface area is 189 Å². The minimum absolute atomic E-state index is 0.189. The van der Waals surface area contributed by atoms with Crippen LogP contribution in [0.2, 0.25) is 0 Å². The fourth-order valence-electron chi connectivity index (χ4n) is 3.14. The second kappa shape index (κ2) is 11.2. The van der Waals surface area contributed by atoms with Crippen molar-refractivity contribution in [3.63, 3.8) is 0 Å². The van der Waals surface area contributed by atoms with E-state index in [0.29, 0.717) is 68.3 Å². The van der Waals surface area contributed by atoms with Crippen molar-refractivity contribution in [2.45, 2.75) is 31.2 Å². The van der Waals surface area contributed by atoms with Gasteiger partial charge in [-0.1, -0.05) is 13.8 Å². The second-order valence-corrected chi connectivity index (χ2v) is 9.42. The van der Waals surface area contributed by atoms with Gasteiger partial charge in [0.1, 0.15) is 11.6 Å². The molecule has 2 heterocycles. The molecule has 1 aromatic carbocycles. The van der Waals surface area contributed by atoms with Crippen molar-refractivity contribution >= 4 is 27.5 Å². The molecule has 0 unspecified atom stereocenters. The molecule has 0 atom stereocenters. The molecule has 0 radical (unpaired) electrons. The first-order chi connectivity index (χ1) is 15.4. The Morgan fingerprint density at radius 1 is 1.19 bits per heavy atom. The molecule has 0 saturated carbocycles. The lowest BCUT2D eigenvalue weighted by atomic mass is 10.3. The van der Waals surface area contributed by atoms with Crippen molar-refractivity contribution in [1.29, 1.82) is 5.26 Å². The Balaban J connectivity index is 1.63. The second-order valence-electron chi connectivity index (χ2n) is 7.65. The third kappa shape index (κ3) is 6.61. The first-order valence-corrected chi connectivity index (χ1v) is 12.1. The van der Waals surface area contributed by atoms with E-state index in [9.17, 15) is 13.7 Å². The number of hydrogen-bond acceptors (Lipinski definition) is 9. The molecule has 3 rings (SSSR count). The third-order valence-electron chi connectivity index (χ3n) is 4.82. The molecule has 0 bridgehead atoms. The zero-order valence-electron chi connectivity index (χ0n) is 18.3. The van der Waals surface area contributed by atoms with Crippen molar-refractivity contribution in [3.8, 4) is 6.07 Å². The number of sulfonamides is 1. The van der Waals surface area contributed by atoms with E-state index >= 15 is 0 Å². The van der Waals surface area contributed by atoms with Crippen LogP contribution in [0.5, 0.6) is 0 Å². The van der Waals surface area contributed by atoms with Gasteiger partial charge in [0.2, 0.25) is 16.0 Å². The molecule has 32 heavy (non-hydrogen) atoms. The summed E-state index contributed by atoms with van der Waals surface area (Å²) in [5.41, 5.74) is 1.04. The minimum atomic E-state index is -3.57. The summed E-state index contributed by atoms with van der Waals surface area (Å²) in [4.78, 5) is 10.9. The van der Waals surface area contributed by atoms with Gasteiger partial charge in [0.25, 0.3) is 0 Å². The maximum Gasteiger partial charge on any atom is 0.240 e. The number of hydrogen-bond donors (Lipinski definition) is 3. The summed E-state index contributed by atoms with van der Waals surface area (Å²) in [7, 11) is -3.57. The first kappa shape index (κ1) is 23.9. The summed E-state index contributed by atoms with van der Waals surface area (Å²) in [6, 6.07) is 8.87. The van der Waals surface area contributed by atoms with Crippen LogP contribution in [0, 0.1) is 11.3 Å². The maximum atomic E-state index is 12.5. The van der Waals surface area contributed by atoms with Crippen LogP contribution in [0.4, 0.5) is 17.5 Å². The van der Waals surface area contributed by atoms with Crippen LogP contribution in [0.15, 0.2) is 35.4 Å². The van der Waals surface area contributed by atoms with E-state index < -0.39 is 10.0 Å². The van der Waals surface area contributed by atoms with Crippen molar-refractivity contribution in [3.05, 3.63) is 36.0 Å². The van der Waals surface area contributed by atoms with Crippen LogP contribution in [0.3, 0.4) is 0 Å². The van der Waals surface area contributed by atoms with E-state index in [0.717, 1.165) is 6.54 Å². The standard InChI is InChI=1S/C21H29N7O3S/c1-16(2)23-8-3-9-25-32(29,30)19-6-4-18(5-7-19)26-21-24-15-17(14-22)20(27-21)28-10-12-31-13-11-28/h4-7,15-16,23,25H,3,8-13H2,1-2H3,(H,24,26,27). The maximum absolute atomic E-state index is 12.5. The van der Waals surface area contributed by atoms with E-state index in [-0.39, 0.29) is 4.90 Å². The molecule has 0 spiro atoms. The molecule has 11 heteroatoms. The van der Waals surface area contributed by atoms with Gasteiger partial charge in [0.05, 0.1) is 24.3 Å². The summed E-state index contributed by atoms with van der Waals surface area (Å²) in [6.45, 7) is 7.67. The lowest BCUT2D eigenvalue weighted by Crippen LogP contribution is -2.37. The Kier molecular flexibility index (Phi) is 8.35. The number of nitrogens with one attached hydrogen (secondary N) is 3. The number of nitrogens with zero attached hydrogens (tertiary/aromatic N) is 4. The molecule has 0 amide bonds. The number of anilines is 3. The number of benzene rings is 1. The average Bonchev–Trinajstić information content (AvgIpc) is 2.79. The molecule has 172 valence electrons. The highest BCUT2D eigenvalue weighted by molar-refractivity contribution is 7.89. The predicted octanol–water partition coefficient (Wildman–Crippen LogP) is 1.59. The van der Waals surface area contributed by atoms with Crippen molar-refractivity contribution in [1.82, 2.24) is 20.0 Å². The van der Waals surface area contributed by atoms with E-state index in [1.54, 1.807) is 12.1 Å². The summed E-state index contributed by atoms with van der Waals surface area (Å²) in [5, 5.41) is 15.7. The molecular weight excluding hydrogens is 430 g/mol. The fraction of sp³-hybridized carbons (Fsp3) is 0.476. The number of aromatic nitrogens is 2. The van der Waals surface area contributed by atoms with Gasteiger partial charge in [-0.3, -0.25) is 0 Å². The van der Waals surface area contributed by atoms with E-state index in [1.807, 2.05) is 18.7 Å². The highest BCUT2D eigenvalue weighted by Gasteiger charge is 2.18. The van der Waals surface area contributed by atoms with Crippen molar-refractivity contribution in [2.24, 2.45) is 0 Å². The monoisotopic (exact) mass is 459 g/mol. The molecule has 10 nitrogen and oxygen atoms in total. The minimum Gasteiger partial charge on any atom is -0.378 e. The average molecular weight is 460 g/mol. The highest BCUT2D eigenvalue weighted by atomic mass is 32.2. The molecule has 1 aromatic heterocycles. The molecule has 1 saturated heterocycles. The zero-order valence-corrected chi connectivity index (χ0v) is 19.2. The molecule has 1 fully saturated rings. The molecule has 3 N–H and O–H groups in total. The SMILES string of the molecule is CC(C)NCCCNS(=O)(=O)c1ccc(Nc2ncc(C#N)c(N3CCOCC3)n2)cc1. The summed E-state index contributed by atoms with van der Waals surface area (Å²) < 4.78 is 32.9. The van der Waals surface area contributed by atoms with E-state index in [4.69, 9.17) is 4.74 Å². The van der Waals surface area contributed by atoms with Gasteiger partial charge in [-0.25, -0.2) is 18.1 Å². The lowest BCUT2D eigenvalue weighted by molar-refractivity contribution is 0.122. The van der Waals surface area contributed by atoms with Gasteiger partial charge in [-0.15, -0.1) is 0 Å². The summed E-state index contributed by atoms with van der Waals surface area (Å²) in [6.07, 6.45) is 2.19. The van der Waals surface area contributed by atoms with Crippen molar-refractivity contribution in [2.75, 3.05) is 49.6 Å². The van der Waals surface area contributed by atoms with Gasteiger partial charge < -0.3 is 20.3 Å². The van der Waals surface area contributed by atoms with Crippen LogP contribution in [0.1, 0.15) is 25.8 Å². The molecule has 1 aliphatic rings. The molecule has 0 aliphatic carbocycles. The zero-order chi connectivity index (χ0) is 23.0. The van der Waals surface area contributed by atoms with E-state index in [1.165, 1.54) is 18.3 Å². The number of morpholine rings is 1. The fourth-order valence-corrected chi connectivity index (χ4v) is 4.22. The first-order valence-electron chi connectivity index (χ1n) is 10.6. The van der Waals surface area contributed by atoms with Gasteiger partial charge in [-0.05, 0) is 37.2 Å². The molecule has 2 aromatic rings. The van der Waals surface area contributed by atoms with Gasteiger partial charge in [-0.2, -0.15) is 10.2 Å². The quantitative estimate of drug-likeness (QED) is 0.453. The van der Waals surface area contributed by atoms with Gasteiger partial charge in [0, 0.05) is 31.4 Å². The predicted molar refractivity (Wildman–Crippen MR) is 122 cm³/mol. The van der Waals surface area contributed by atoms with E-state index in [2.05, 4.69) is 31.4 Å².